The van der Waals surface area contributed by atoms with Crippen LogP contribution in [0.5, 0.6) is 11.5 Å². The van der Waals surface area contributed by atoms with Crippen LogP contribution in [0.2, 0.25) is 0 Å². The number of methoxy groups -OCH3 is 2. The molecule has 4 aromatic rings. The van der Waals surface area contributed by atoms with E-state index in [9.17, 15) is 19.7 Å². The molecule has 3 aromatic carbocycles. The molecule has 0 bridgehead atoms. The fourth-order valence-corrected chi connectivity index (χ4v) is 5.84. The van der Waals surface area contributed by atoms with Crippen LogP contribution in [0.1, 0.15) is 31.0 Å². The molecule has 10 nitrogen and oxygen atoms in total. The van der Waals surface area contributed by atoms with E-state index in [1.807, 2.05) is 24.3 Å². The summed E-state index contributed by atoms with van der Waals surface area (Å²) < 4.78 is 18.5. The van der Waals surface area contributed by atoms with E-state index in [4.69, 9.17) is 14.2 Å². The van der Waals surface area contributed by atoms with Gasteiger partial charge >= 0.3 is 5.97 Å². The molecule has 1 aliphatic heterocycles. The molecule has 0 spiro atoms. The molecule has 0 amide bonds. The summed E-state index contributed by atoms with van der Waals surface area (Å²) in [6, 6.07) is 14.3. The van der Waals surface area contributed by atoms with Gasteiger partial charge in [0.15, 0.2) is 4.80 Å². The van der Waals surface area contributed by atoms with Gasteiger partial charge in [-0.3, -0.25) is 19.5 Å². The number of nitro benzene ring substituents is 1. The predicted molar refractivity (Wildman–Crippen MR) is 151 cm³/mol. The highest BCUT2D eigenvalue weighted by molar-refractivity contribution is 7.07. The summed E-state index contributed by atoms with van der Waals surface area (Å²) in [4.78, 5) is 43.0. The number of hydrogen-bond donors (Lipinski definition) is 0. The molecule has 2 heterocycles. The minimum Gasteiger partial charge on any atom is -0.497 e. The Bertz CT molecular complexity index is 1870. The van der Waals surface area contributed by atoms with Gasteiger partial charge in [-0.2, -0.15) is 0 Å². The SMILES string of the molecule is CCOC(=O)C1=C(C)N=c2sc(=Cc3ccc([N+](=O)[O-])cc3)c(=O)n2C1c1c(OC)ccc2ccc(OC)cc12. The van der Waals surface area contributed by atoms with Crippen LogP contribution < -0.4 is 24.4 Å². The van der Waals surface area contributed by atoms with Gasteiger partial charge in [0.25, 0.3) is 11.2 Å². The van der Waals surface area contributed by atoms with Crippen LogP contribution in [0.25, 0.3) is 16.8 Å². The summed E-state index contributed by atoms with van der Waals surface area (Å²) >= 11 is 1.17. The number of carbonyl (C=O) groups excluding carboxylic acids is 1. The van der Waals surface area contributed by atoms with Crippen molar-refractivity contribution in [2.24, 2.45) is 4.99 Å². The number of ether oxygens (including phenoxy) is 3. The number of non-ortho nitro benzene ring substituents is 1. The lowest BCUT2D eigenvalue weighted by Gasteiger charge is -2.27. The number of carbonyl (C=O) groups is 1. The molecule has 0 radical (unpaired) electrons. The van der Waals surface area contributed by atoms with Crippen LogP contribution in [-0.2, 0) is 9.53 Å². The average Bonchev–Trinajstić information content (AvgIpc) is 3.25. The van der Waals surface area contributed by atoms with E-state index in [0.29, 0.717) is 37.7 Å². The smallest absolute Gasteiger partial charge is 0.338 e. The van der Waals surface area contributed by atoms with Gasteiger partial charge in [0.05, 0.1) is 41.6 Å². The van der Waals surface area contributed by atoms with E-state index >= 15 is 0 Å². The van der Waals surface area contributed by atoms with Crippen molar-refractivity contribution < 1.29 is 23.9 Å². The molecule has 204 valence electrons. The number of nitro groups is 1. The second kappa shape index (κ2) is 10.8. The van der Waals surface area contributed by atoms with Gasteiger partial charge in [0.1, 0.15) is 17.5 Å². The Morgan fingerprint density at radius 3 is 2.50 bits per heavy atom. The Kier molecular flexibility index (Phi) is 7.22. The van der Waals surface area contributed by atoms with Gasteiger partial charge < -0.3 is 14.2 Å². The lowest BCUT2D eigenvalue weighted by atomic mass is 9.90. The highest BCUT2D eigenvalue weighted by Gasteiger charge is 2.36. The highest BCUT2D eigenvalue weighted by Crippen LogP contribution is 2.41. The lowest BCUT2D eigenvalue weighted by Crippen LogP contribution is -2.40. The standard InChI is InChI=1S/C29H25N3O7S/c1-5-39-28(34)24-16(2)30-29-31(27(33)23(40-29)14-17-6-10-19(11-7-17)32(35)36)26(24)25-21-15-20(37-3)12-8-18(21)9-13-22(25)38-4/h6-15,26H,5H2,1-4H3. The van der Waals surface area contributed by atoms with Crippen molar-refractivity contribution in [2.45, 2.75) is 19.9 Å². The van der Waals surface area contributed by atoms with Crippen molar-refractivity contribution >= 4 is 39.8 Å². The number of fused-ring (bicyclic) bond motifs is 2. The first-order chi connectivity index (χ1) is 19.3. The van der Waals surface area contributed by atoms with Crippen LogP contribution in [0.3, 0.4) is 0 Å². The maximum atomic E-state index is 14.0. The third kappa shape index (κ3) is 4.64. The number of esters is 1. The van der Waals surface area contributed by atoms with Crippen LogP contribution in [-0.4, -0.2) is 36.3 Å². The Hall–Kier alpha value is -4.77. The number of hydrogen-bond acceptors (Lipinski definition) is 9. The number of rotatable bonds is 7. The van der Waals surface area contributed by atoms with Crippen molar-refractivity contribution in [3.63, 3.8) is 0 Å². The first kappa shape index (κ1) is 26.8. The molecule has 1 aliphatic rings. The summed E-state index contributed by atoms with van der Waals surface area (Å²) in [6.45, 7) is 3.57. The molecule has 1 atom stereocenters. The molecule has 0 fully saturated rings. The first-order valence-electron chi connectivity index (χ1n) is 12.4. The van der Waals surface area contributed by atoms with Gasteiger partial charge in [-0.05, 0) is 66.6 Å². The van der Waals surface area contributed by atoms with E-state index in [1.54, 1.807) is 45.2 Å². The zero-order chi connectivity index (χ0) is 28.6. The number of thiazole rings is 1. The average molecular weight is 560 g/mol. The van der Waals surface area contributed by atoms with Crippen molar-refractivity contribution in [1.82, 2.24) is 4.57 Å². The van der Waals surface area contributed by atoms with E-state index in [-0.39, 0.29) is 23.4 Å². The minimum absolute atomic E-state index is 0.0493. The van der Waals surface area contributed by atoms with Crippen LogP contribution >= 0.6 is 11.3 Å². The summed E-state index contributed by atoms with van der Waals surface area (Å²) in [5.41, 5.74) is 1.44. The fraction of sp³-hybridized carbons (Fsp3) is 0.207. The molecule has 0 saturated carbocycles. The molecule has 40 heavy (non-hydrogen) atoms. The Balaban J connectivity index is 1.82. The van der Waals surface area contributed by atoms with Crippen molar-refractivity contribution in [2.75, 3.05) is 20.8 Å². The maximum absolute atomic E-state index is 14.0. The molecular formula is C29H25N3O7S. The van der Waals surface area contributed by atoms with Gasteiger partial charge in [0.2, 0.25) is 0 Å². The minimum atomic E-state index is -0.903. The molecule has 0 aliphatic carbocycles. The molecule has 1 aromatic heterocycles. The van der Waals surface area contributed by atoms with Crippen LogP contribution in [0.15, 0.2) is 75.7 Å². The molecule has 1 unspecified atom stereocenters. The summed E-state index contributed by atoms with van der Waals surface area (Å²) in [7, 11) is 3.10. The van der Waals surface area contributed by atoms with Gasteiger partial charge in [-0.25, -0.2) is 9.79 Å². The highest BCUT2D eigenvalue weighted by atomic mass is 32.1. The Morgan fingerprint density at radius 2 is 1.85 bits per heavy atom. The quantitative estimate of drug-likeness (QED) is 0.191. The zero-order valence-corrected chi connectivity index (χ0v) is 23.0. The molecule has 11 heteroatoms. The Morgan fingerprint density at radius 1 is 1.12 bits per heavy atom. The zero-order valence-electron chi connectivity index (χ0n) is 22.2. The van der Waals surface area contributed by atoms with E-state index in [0.717, 1.165) is 10.8 Å². The molecule has 0 N–H and O–H groups in total. The summed E-state index contributed by atoms with van der Waals surface area (Å²) in [5, 5.41) is 12.7. The van der Waals surface area contributed by atoms with Gasteiger partial charge in [-0.15, -0.1) is 0 Å². The number of aromatic nitrogens is 1. The number of nitrogens with zero attached hydrogens (tertiary/aromatic N) is 3. The normalized spacial score (nSPS) is 15.0. The molecule has 0 saturated heterocycles. The van der Waals surface area contributed by atoms with E-state index in [1.165, 1.54) is 35.1 Å². The third-order valence-corrected chi connectivity index (χ3v) is 7.63. The number of benzene rings is 3. The van der Waals surface area contributed by atoms with E-state index in [2.05, 4.69) is 4.99 Å². The molecule has 5 rings (SSSR count). The van der Waals surface area contributed by atoms with Gasteiger partial charge in [0, 0.05) is 17.7 Å². The van der Waals surface area contributed by atoms with Crippen LogP contribution in [0, 0.1) is 10.1 Å². The number of allylic oxidation sites excluding steroid dienone is 1. The topological polar surface area (TPSA) is 122 Å². The maximum Gasteiger partial charge on any atom is 0.338 e. The van der Waals surface area contributed by atoms with E-state index < -0.39 is 16.9 Å². The second-order valence-corrected chi connectivity index (χ2v) is 9.93. The Labute approximate surface area is 232 Å². The van der Waals surface area contributed by atoms with Crippen molar-refractivity contribution in [3.8, 4) is 11.5 Å². The van der Waals surface area contributed by atoms with Gasteiger partial charge in [-0.1, -0.05) is 23.5 Å². The first-order valence-corrected chi connectivity index (χ1v) is 13.2. The predicted octanol–water partition coefficient (Wildman–Crippen LogP) is 3.88. The monoisotopic (exact) mass is 559 g/mol. The summed E-state index contributed by atoms with van der Waals surface area (Å²) in [5.74, 6) is 0.499. The lowest BCUT2D eigenvalue weighted by molar-refractivity contribution is -0.384. The third-order valence-electron chi connectivity index (χ3n) is 6.64. The second-order valence-electron chi connectivity index (χ2n) is 8.92. The summed E-state index contributed by atoms with van der Waals surface area (Å²) in [6.07, 6.45) is 1.65. The van der Waals surface area contributed by atoms with Crippen molar-refractivity contribution in [1.29, 1.82) is 0 Å². The molecular weight excluding hydrogens is 534 g/mol. The largest absolute Gasteiger partial charge is 0.497 e. The fourth-order valence-electron chi connectivity index (χ4n) is 4.80. The van der Waals surface area contributed by atoms with Crippen LogP contribution in [0.4, 0.5) is 5.69 Å². The van der Waals surface area contributed by atoms with Crippen molar-refractivity contribution in [3.05, 3.63) is 107 Å².